The van der Waals surface area contributed by atoms with Crippen molar-refractivity contribution in [1.29, 1.82) is 0 Å². The second-order valence-corrected chi connectivity index (χ2v) is 1.62. The smallest absolute Gasteiger partial charge is 0.321 e. The maximum atomic E-state index is 9.99. The normalized spacial score (nSPS) is 10.3. The molecule has 0 aliphatic rings. The van der Waals surface area contributed by atoms with Gasteiger partial charge in [-0.2, -0.15) is 0 Å². The summed E-state index contributed by atoms with van der Waals surface area (Å²) in [6, 6.07) is -1.16. The summed E-state index contributed by atoms with van der Waals surface area (Å²) in [5, 5.41) is 8.10. The van der Waals surface area contributed by atoms with E-state index in [-0.39, 0.29) is 17.4 Å². The van der Waals surface area contributed by atoms with Crippen molar-refractivity contribution in [3.05, 3.63) is 0 Å². The molecule has 0 spiro atoms. The van der Waals surface area contributed by atoms with Gasteiger partial charge < -0.3 is 27.5 Å². The van der Waals surface area contributed by atoms with Crippen LogP contribution in [0.4, 0.5) is 0 Å². The van der Waals surface area contributed by atoms with E-state index in [1.54, 1.807) is 0 Å². The lowest BCUT2D eigenvalue weighted by atomic mass is 10.2. The predicted molar refractivity (Wildman–Crippen MR) is 36.7 cm³/mol. The second kappa shape index (κ2) is 6.93. The number of amides is 1. The Labute approximate surface area is 62.6 Å². The van der Waals surface area contributed by atoms with Gasteiger partial charge in [0.2, 0.25) is 5.91 Å². The molecule has 0 saturated carbocycles. The standard InChI is InChI=1S/C4H8N2O3.2H2O/c5-2(4(8)9)1-3(6)7;;/h2H,1,5H2,(H2,6,7)(H,8,9);2*1H2/t2-;;/m0../s1. The van der Waals surface area contributed by atoms with Gasteiger partial charge in [0.1, 0.15) is 6.04 Å². The SMILES string of the molecule is NC(=O)C[C@H](N)C(=O)O.O.O. The van der Waals surface area contributed by atoms with Gasteiger partial charge in [-0.3, -0.25) is 9.59 Å². The van der Waals surface area contributed by atoms with E-state index in [1.165, 1.54) is 0 Å². The number of nitrogens with two attached hydrogens (primary N) is 2. The molecular formula is C4H12N2O5. The Morgan fingerprint density at radius 2 is 1.73 bits per heavy atom. The van der Waals surface area contributed by atoms with Gasteiger partial charge in [0.15, 0.2) is 0 Å². The number of carboxylic acids is 1. The van der Waals surface area contributed by atoms with Crippen molar-refractivity contribution >= 4 is 11.9 Å². The van der Waals surface area contributed by atoms with Crippen LogP contribution >= 0.6 is 0 Å². The Morgan fingerprint density at radius 3 is 1.82 bits per heavy atom. The fraction of sp³-hybridized carbons (Fsp3) is 0.500. The molecule has 0 fully saturated rings. The number of hydrogen-bond donors (Lipinski definition) is 3. The summed E-state index contributed by atoms with van der Waals surface area (Å²) < 4.78 is 0. The molecule has 0 saturated heterocycles. The van der Waals surface area contributed by atoms with Crippen molar-refractivity contribution in [2.45, 2.75) is 12.5 Å². The van der Waals surface area contributed by atoms with Gasteiger partial charge >= 0.3 is 5.97 Å². The van der Waals surface area contributed by atoms with Crippen LogP contribution < -0.4 is 11.5 Å². The van der Waals surface area contributed by atoms with Gasteiger partial charge in [0, 0.05) is 0 Å². The molecule has 68 valence electrons. The quantitative estimate of drug-likeness (QED) is 0.399. The summed E-state index contributed by atoms with van der Waals surface area (Å²) in [5.41, 5.74) is 9.57. The number of carboxylic acid groups (broad SMARTS) is 1. The molecular weight excluding hydrogens is 156 g/mol. The molecule has 7 nitrogen and oxygen atoms in total. The van der Waals surface area contributed by atoms with Gasteiger partial charge in [-0.25, -0.2) is 0 Å². The lowest BCUT2D eigenvalue weighted by molar-refractivity contribution is -0.140. The first-order valence-corrected chi connectivity index (χ1v) is 2.30. The molecule has 0 heterocycles. The third-order valence-corrected chi connectivity index (χ3v) is 0.738. The number of primary amides is 1. The molecule has 0 radical (unpaired) electrons. The van der Waals surface area contributed by atoms with Crippen molar-refractivity contribution in [2.24, 2.45) is 11.5 Å². The summed E-state index contributed by atoms with van der Waals surface area (Å²) in [5.74, 6) is -1.92. The van der Waals surface area contributed by atoms with Crippen molar-refractivity contribution in [2.75, 3.05) is 0 Å². The average Bonchev–Trinajstić information content (AvgIpc) is 1.63. The molecule has 0 bridgehead atoms. The lowest BCUT2D eigenvalue weighted by Gasteiger charge is -1.99. The fourth-order valence-corrected chi connectivity index (χ4v) is 0.304. The van der Waals surface area contributed by atoms with Crippen molar-refractivity contribution in [3.8, 4) is 0 Å². The fourth-order valence-electron chi connectivity index (χ4n) is 0.304. The van der Waals surface area contributed by atoms with E-state index in [1.807, 2.05) is 0 Å². The topological polar surface area (TPSA) is 169 Å². The molecule has 0 aliphatic heterocycles. The molecule has 0 unspecified atom stereocenters. The average molecular weight is 168 g/mol. The number of carbonyl (C=O) groups is 2. The molecule has 11 heavy (non-hydrogen) atoms. The number of carbonyl (C=O) groups excluding carboxylic acids is 1. The predicted octanol–water partition coefficient (Wildman–Crippen LogP) is -3.38. The highest BCUT2D eigenvalue weighted by molar-refractivity contribution is 5.82. The first-order chi connectivity index (χ1) is 4.04. The second-order valence-electron chi connectivity index (χ2n) is 1.62. The maximum Gasteiger partial charge on any atom is 0.321 e. The Balaban J connectivity index is -0.000000320. The van der Waals surface area contributed by atoms with E-state index >= 15 is 0 Å². The molecule has 0 aliphatic carbocycles. The van der Waals surface area contributed by atoms with Gasteiger partial charge in [0.25, 0.3) is 0 Å². The maximum absolute atomic E-state index is 9.99. The van der Waals surface area contributed by atoms with E-state index in [0.717, 1.165) is 0 Å². The summed E-state index contributed by atoms with van der Waals surface area (Å²) in [6.45, 7) is 0. The van der Waals surface area contributed by atoms with Gasteiger partial charge in [0.05, 0.1) is 6.42 Å². The third kappa shape index (κ3) is 8.82. The highest BCUT2D eigenvalue weighted by Gasteiger charge is 2.13. The third-order valence-electron chi connectivity index (χ3n) is 0.738. The van der Waals surface area contributed by atoms with Crippen LogP contribution in [-0.4, -0.2) is 34.0 Å². The van der Waals surface area contributed by atoms with Crippen molar-refractivity contribution in [1.82, 2.24) is 0 Å². The number of hydrogen-bond acceptors (Lipinski definition) is 3. The van der Waals surface area contributed by atoms with Crippen LogP contribution in [0.5, 0.6) is 0 Å². The van der Waals surface area contributed by atoms with E-state index < -0.39 is 17.9 Å². The zero-order valence-electron chi connectivity index (χ0n) is 5.70. The van der Waals surface area contributed by atoms with Crippen molar-refractivity contribution in [3.63, 3.8) is 0 Å². The first kappa shape index (κ1) is 16.4. The minimum absolute atomic E-state index is 0. The number of aliphatic carboxylic acids is 1. The molecule has 1 amide bonds. The molecule has 1 atom stereocenters. The van der Waals surface area contributed by atoms with Crippen molar-refractivity contribution < 1.29 is 25.6 Å². The number of rotatable bonds is 3. The Bertz CT molecular complexity index is 136. The minimum Gasteiger partial charge on any atom is -0.480 e. The molecule has 0 aromatic heterocycles. The van der Waals surface area contributed by atoms with Crippen LogP contribution in [0.3, 0.4) is 0 Å². The molecule has 9 N–H and O–H groups in total. The zero-order valence-corrected chi connectivity index (χ0v) is 5.70. The van der Waals surface area contributed by atoms with Crippen LogP contribution in [0.1, 0.15) is 6.42 Å². The van der Waals surface area contributed by atoms with Crippen LogP contribution in [0, 0.1) is 0 Å². The Morgan fingerprint density at radius 1 is 1.36 bits per heavy atom. The minimum atomic E-state index is -1.21. The summed E-state index contributed by atoms with van der Waals surface area (Å²) >= 11 is 0. The molecule has 0 aromatic rings. The van der Waals surface area contributed by atoms with Gasteiger partial charge in [-0.15, -0.1) is 0 Å². The molecule has 0 rings (SSSR count). The van der Waals surface area contributed by atoms with Gasteiger partial charge in [-0.05, 0) is 0 Å². The highest BCUT2D eigenvalue weighted by atomic mass is 16.4. The largest absolute Gasteiger partial charge is 0.480 e. The van der Waals surface area contributed by atoms with Crippen LogP contribution in [0.2, 0.25) is 0 Å². The van der Waals surface area contributed by atoms with E-state index in [2.05, 4.69) is 5.73 Å². The highest BCUT2D eigenvalue weighted by Crippen LogP contribution is 1.84. The van der Waals surface area contributed by atoms with E-state index in [9.17, 15) is 9.59 Å². The molecule has 7 heteroatoms. The Kier molecular flexibility index (Phi) is 10.4. The molecule has 0 aromatic carbocycles. The van der Waals surface area contributed by atoms with Crippen LogP contribution in [0.25, 0.3) is 0 Å². The van der Waals surface area contributed by atoms with Crippen LogP contribution in [-0.2, 0) is 9.59 Å². The van der Waals surface area contributed by atoms with Gasteiger partial charge in [-0.1, -0.05) is 0 Å². The summed E-state index contributed by atoms with van der Waals surface area (Å²) in [4.78, 5) is 19.9. The van der Waals surface area contributed by atoms with E-state index in [4.69, 9.17) is 10.8 Å². The zero-order chi connectivity index (χ0) is 7.44. The Hall–Kier alpha value is -1.18. The van der Waals surface area contributed by atoms with E-state index in [0.29, 0.717) is 0 Å². The monoisotopic (exact) mass is 168 g/mol. The summed E-state index contributed by atoms with van der Waals surface area (Å²) in [6.07, 6.45) is -0.310. The first-order valence-electron chi connectivity index (χ1n) is 2.30. The summed E-state index contributed by atoms with van der Waals surface area (Å²) in [7, 11) is 0. The van der Waals surface area contributed by atoms with Crippen LogP contribution in [0.15, 0.2) is 0 Å². The lowest BCUT2D eigenvalue weighted by Crippen LogP contribution is -2.34.